The van der Waals surface area contributed by atoms with Gasteiger partial charge in [0, 0.05) is 38.3 Å². The molecule has 1 saturated heterocycles. The lowest BCUT2D eigenvalue weighted by Gasteiger charge is -2.39. The molecule has 138 valence electrons. The van der Waals surface area contributed by atoms with Gasteiger partial charge in [-0.3, -0.25) is 14.3 Å². The van der Waals surface area contributed by atoms with Crippen LogP contribution in [0.4, 0.5) is 0 Å². The summed E-state index contributed by atoms with van der Waals surface area (Å²) < 4.78 is 8.30. The van der Waals surface area contributed by atoms with E-state index in [-0.39, 0.29) is 17.4 Å². The molecule has 2 aliphatic rings. The van der Waals surface area contributed by atoms with Crippen molar-refractivity contribution in [1.29, 1.82) is 0 Å². The van der Waals surface area contributed by atoms with Crippen LogP contribution in [0, 0.1) is 5.92 Å². The Balaban J connectivity index is 1.41. The molecule has 2 aromatic heterocycles. The molecule has 4 rings (SSSR count). The van der Waals surface area contributed by atoms with Gasteiger partial charge in [0.1, 0.15) is 5.56 Å². The zero-order valence-electron chi connectivity index (χ0n) is 15.1. The minimum atomic E-state index is -0.0862. The number of aryl methyl sites for hydroxylation is 3. The summed E-state index contributed by atoms with van der Waals surface area (Å²) in [5.74, 6) is 0.499. The number of likely N-dealkylation sites (tertiary alicyclic amines) is 1. The molecular formula is C18H23N5O3. The van der Waals surface area contributed by atoms with Gasteiger partial charge < -0.3 is 9.64 Å². The molecule has 1 amide bonds. The first-order chi connectivity index (χ1) is 12.5. The molecule has 1 aliphatic heterocycles. The fraction of sp³-hybridized carbons (Fsp3) is 0.556. The van der Waals surface area contributed by atoms with Crippen molar-refractivity contribution in [2.45, 2.75) is 32.2 Å². The van der Waals surface area contributed by atoms with Crippen LogP contribution in [0.2, 0.25) is 0 Å². The van der Waals surface area contributed by atoms with E-state index in [1.54, 1.807) is 33.6 Å². The van der Waals surface area contributed by atoms with Crippen LogP contribution in [-0.4, -0.2) is 50.6 Å². The average Bonchev–Trinajstić information content (AvgIpc) is 2.98. The van der Waals surface area contributed by atoms with Crippen molar-refractivity contribution in [3.05, 3.63) is 39.4 Å². The molecule has 1 aliphatic carbocycles. The van der Waals surface area contributed by atoms with Gasteiger partial charge >= 0.3 is 0 Å². The number of aromatic nitrogens is 4. The Hall–Kier alpha value is -2.64. The fourth-order valence-corrected chi connectivity index (χ4v) is 3.76. The summed E-state index contributed by atoms with van der Waals surface area (Å²) in [4.78, 5) is 26.6. The van der Waals surface area contributed by atoms with Crippen molar-refractivity contribution in [1.82, 2.24) is 24.5 Å². The molecule has 0 radical (unpaired) electrons. The third kappa shape index (κ3) is 3.00. The Bertz CT molecular complexity index is 895. The summed E-state index contributed by atoms with van der Waals surface area (Å²) >= 11 is 0. The summed E-state index contributed by atoms with van der Waals surface area (Å²) in [6.07, 6.45) is 5.85. The molecule has 2 aromatic rings. The number of methoxy groups -OCH3 is 1. The first kappa shape index (κ1) is 16.8. The van der Waals surface area contributed by atoms with Crippen LogP contribution in [-0.2, 0) is 26.4 Å². The van der Waals surface area contributed by atoms with Crippen LogP contribution in [0.25, 0.3) is 0 Å². The number of amides is 1. The molecule has 0 unspecified atom stereocenters. The zero-order chi connectivity index (χ0) is 18.3. The number of fused-ring (bicyclic) bond motifs is 1. The highest BCUT2D eigenvalue weighted by atomic mass is 16.5. The van der Waals surface area contributed by atoms with Crippen molar-refractivity contribution in [2.24, 2.45) is 13.0 Å². The van der Waals surface area contributed by atoms with E-state index in [0.717, 1.165) is 36.9 Å². The predicted octanol–water partition coefficient (Wildman–Crippen LogP) is 0.636. The molecule has 0 aromatic carbocycles. The first-order valence-electron chi connectivity index (χ1n) is 9.02. The molecule has 0 atom stereocenters. The molecule has 8 heteroatoms. The second-order valence-corrected chi connectivity index (χ2v) is 7.15. The number of ether oxygens (including phenoxy) is 1. The van der Waals surface area contributed by atoms with E-state index in [1.165, 1.54) is 7.11 Å². The number of nitrogens with zero attached hydrogens (tertiary/aromatic N) is 5. The lowest BCUT2D eigenvalue weighted by Crippen LogP contribution is -2.52. The van der Waals surface area contributed by atoms with Gasteiger partial charge in [0.05, 0.1) is 19.3 Å². The van der Waals surface area contributed by atoms with E-state index in [9.17, 15) is 9.59 Å². The van der Waals surface area contributed by atoms with Crippen molar-refractivity contribution in [2.75, 3.05) is 20.2 Å². The summed E-state index contributed by atoms with van der Waals surface area (Å²) in [5, 5.41) is 8.68. The van der Waals surface area contributed by atoms with Gasteiger partial charge in [-0.1, -0.05) is 0 Å². The molecule has 8 nitrogen and oxygen atoms in total. The number of hydrogen-bond donors (Lipinski definition) is 0. The number of hydrogen-bond acceptors (Lipinski definition) is 5. The third-order valence-electron chi connectivity index (χ3n) is 5.17. The van der Waals surface area contributed by atoms with E-state index in [1.807, 2.05) is 0 Å². The highest BCUT2D eigenvalue weighted by molar-refractivity contribution is 5.96. The normalized spacial score (nSPS) is 16.9. The predicted molar refractivity (Wildman–Crippen MR) is 94.3 cm³/mol. The molecule has 26 heavy (non-hydrogen) atoms. The topological polar surface area (TPSA) is 82.2 Å². The maximum atomic E-state index is 12.6. The number of rotatable bonds is 4. The molecule has 0 N–H and O–H groups in total. The first-order valence-corrected chi connectivity index (χ1v) is 9.02. The second kappa shape index (κ2) is 6.59. The van der Waals surface area contributed by atoms with Crippen LogP contribution >= 0.6 is 0 Å². The molecular weight excluding hydrogens is 334 g/mol. The van der Waals surface area contributed by atoms with Crippen molar-refractivity contribution >= 4 is 5.91 Å². The fourth-order valence-electron chi connectivity index (χ4n) is 3.76. The lowest BCUT2D eigenvalue weighted by molar-refractivity contribution is 0.0454. The second-order valence-electron chi connectivity index (χ2n) is 7.15. The summed E-state index contributed by atoms with van der Waals surface area (Å²) in [6.45, 7) is 1.78. The van der Waals surface area contributed by atoms with Crippen molar-refractivity contribution in [3.63, 3.8) is 0 Å². The Kier molecular flexibility index (Phi) is 4.26. The van der Waals surface area contributed by atoms with Gasteiger partial charge in [0.25, 0.3) is 11.5 Å². The lowest BCUT2D eigenvalue weighted by atomic mass is 9.96. The molecule has 0 bridgehead atoms. The van der Waals surface area contributed by atoms with Gasteiger partial charge in [-0.15, -0.1) is 5.10 Å². The molecule has 0 saturated carbocycles. The van der Waals surface area contributed by atoms with Crippen LogP contribution in [0.3, 0.4) is 0 Å². The number of carbonyl (C=O) groups is 1. The Morgan fingerprint density at radius 1 is 1.27 bits per heavy atom. The standard InChI is InChI=1S/C18H23N5O3/c1-21-11-14(17(20-21)26-2)18(25)22-8-12(9-22)10-23-16(24)7-13-5-3-4-6-15(13)19-23/h7,11-12H,3-6,8-10H2,1-2H3. The average molecular weight is 357 g/mol. The van der Waals surface area contributed by atoms with Crippen LogP contribution in [0.5, 0.6) is 5.88 Å². The van der Waals surface area contributed by atoms with Gasteiger partial charge in [0.15, 0.2) is 0 Å². The van der Waals surface area contributed by atoms with E-state index in [0.29, 0.717) is 31.1 Å². The van der Waals surface area contributed by atoms with E-state index < -0.39 is 0 Å². The van der Waals surface area contributed by atoms with Crippen molar-refractivity contribution in [3.8, 4) is 5.88 Å². The van der Waals surface area contributed by atoms with Crippen LogP contribution < -0.4 is 10.3 Å². The molecule has 3 heterocycles. The van der Waals surface area contributed by atoms with Crippen LogP contribution in [0.1, 0.15) is 34.5 Å². The summed E-state index contributed by atoms with van der Waals surface area (Å²) in [5.41, 5.74) is 2.59. The quantitative estimate of drug-likeness (QED) is 0.802. The van der Waals surface area contributed by atoms with Gasteiger partial charge in [-0.2, -0.15) is 5.10 Å². The third-order valence-corrected chi connectivity index (χ3v) is 5.17. The van der Waals surface area contributed by atoms with Gasteiger partial charge in [0.2, 0.25) is 5.88 Å². The Labute approximate surface area is 151 Å². The SMILES string of the molecule is COc1nn(C)cc1C(=O)N1CC(Cn2nc3c(cc2=O)CCCC3)C1. The van der Waals surface area contributed by atoms with E-state index in [2.05, 4.69) is 10.2 Å². The van der Waals surface area contributed by atoms with E-state index in [4.69, 9.17) is 4.74 Å². The summed E-state index contributed by atoms with van der Waals surface area (Å²) in [7, 11) is 3.26. The summed E-state index contributed by atoms with van der Waals surface area (Å²) in [6, 6.07) is 1.74. The monoisotopic (exact) mass is 357 g/mol. The smallest absolute Gasteiger partial charge is 0.267 e. The van der Waals surface area contributed by atoms with Gasteiger partial charge in [-0.25, -0.2) is 4.68 Å². The highest BCUT2D eigenvalue weighted by Gasteiger charge is 2.34. The maximum Gasteiger partial charge on any atom is 0.267 e. The van der Waals surface area contributed by atoms with E-state index >= 15 is 0 Å². The number of carbonyl (C=O) groups excluding carboxylic acids is 1. The zero-order valence-corrected chi connectivity index (χ0v) is 15.1. The highest BCUT2D eigenvalue weighted by Crippen LogP contribution is 2.24. The van der Waals surface area contributed by atoms with Gasteiger partial charge in [-0.05, 0) is 31.2 Å². The maximum absolute atomic E-state index is 12.6. The van der Waals surface area contributed by atoms with Crippen molar-refractivity contribution < 1.29 is 9.53 Å². The van der Waals surface area contributed by atoms with Crippen LogP contribution in [0.15, 0.2) is 17.1 Å². The Morgan fingerprint density at radius 3 is 2.81 bits per heavy atom. The minimum absolute atomic E-state index is 0.0376. The molecule has 0 spiro atoms. The molecule has 1 fully saturated rings. The minimum Gasteiger partial charge on any atom is -0.479 e. The largest absolute Gasteiger partial charge is 0.479 e. The Morgan fingerprint density at radius 2 is 2.04 bits per heavy atom.